The Labute approximate surface area is 125 Å². The molecule has 0 atom stereocenters. The van der Waals surface area contributed by atoms with Gasteiger partial charge in [-0.1, -0.05) is 37.3 Å². The largest absolute Gasteiger partial charge is 0.437 e. The third-order valence-corrected chi connectivity index (χ3v) is 2.89. The second-order valence-corrected chi connectivity index (χ2v) is 4.66. The van der Waals surface area contributed by atoms with Crippen LogP contribution in [0, 0.1) is 0 Å². The van der Waals surface area contributed by atoms with E-state index in [-0.39, 0.29) is 0 Å². The van der Waals surface area contributed by atoms with E-state index in [4.69, 9.17) is 4.74 Å². The summed E-state index contributed by atoms with van der Waals surface area (Å²) in [6.45, 7) is 5.83. The predicted molar refractivity (Wildman–Crippen MR) is 85.3 cm³/mol. The molecule has 0 aliphatic heterocycles. The molecule has 2 aromatic rings. The average molecular weight is 283 g/mol. The molecule has 0 saturated carbocycles. The quantitative estimate of drug-likeness (QED) is 0.785. The predicted octanol–water partition coefficient (Wildman–Crippen LogP) is 3.80. The number of nitrogens with one attached hydrogen (secondary N) is 1. The summed E-state index contributed by atoms with van der Waals surface area (Å²) in [6.07, 6.45) is 8.50. The first-order valence-corrected chi connectivity index (χ1v) is 7.24. The van der Waals surface area contributed by atoms with E-state index in [1.807, 2.05) is 43.3 Å². The molecule has 4 heteroatoms. The first-order chi connectivity index (χ1) is 10.3. The van der Waals surface area contributed by atoms with E-state index in [9.17, 15) is 0 Å². The lowest BCUT2D eigenvalue weighted by Gasteiger charge is -2.08. The topological polar surface area (TPSA) is 47.0 Å². The van der Waals surface area contributed by atoms with Crippen LogP contribution in [0.5, 0.6) is 11.6 Å². The molecule has 0 bridgehead atoms. The Morgan fingerprint density at radius 2 is 2.05 bits per heavy atom. The molecular weight excluding hydrogens is 262 g/mol. The molecule has 0 spiro atoms. The smallest absolute Gasteiger partial charge is 0.237 e. The lowest BCUT2D eigenvalue weighted by Crippen LogP contribution is -2.14. The van der Waals surface area contributed by atoms with Crippen molar-refractivity contribution in [3.05, 3.63) is 54.0 Å². The number of ether oxygens (including phenoxy) is 1. The second-order valence-electron chi connectivity index (χ2n) is 4.66. The number of allylic oxidation sites excluding steroid dienone is 1. The SMILES string of the molecule is C/C=C/c1ccccc1Oc1cnc(CNCCC)cn1. The summed E-state index contributed by atoms with van der Waals surface area (Å²) in [6, 6.07) is 7.86. The van der Waals surface area contributed by atoms with Crippen LogP contribution in [0.1, 0.15) is 31.5 Å². The molecule has 0 aliphatic rings. The Hall–Kier alpha value is -2.20. The minimum Gasteiger partial charge on any atom is -0.437 e. The molecule has 110 valence electrons. The van der Waals surface area contributed by atoms with Crippen molar-refractivity contribution in [2.75, 3.05) is 6.54 Å². The monoisotopic (exact) mass is 283 g/mol. The molecule has 0 saturated heterocycles. The Morgan fingerprint density at radius 3 is 2.76 bits per heavy atom. The van der Waals surface area contributed by atoms with Gasteiger partial charge in [0.25, 0.3) is 0 Å². The maximum absolute atomic E-state index is 5.80. The van der Waals surface area contributed by atoms with Crippen molar-refractivity contribution >= 4 is 6.08 Å². The molecule has 4 nitrogen and oxygen atoms in total. The Morgan fingerprint density at radius 1 is 1.19 bits per heavy atom. The van der Waals surface area contributed by atoms with Gasteiger partial charge >= 0.3 is 0 Å². The van der Waals surface area contributed by atoms with E-state index in [0.717, 1.165) is 36.5 Å². The maximum atomic E-state index is 5.80. The van der Waals surface area contributed by atoms with Crippen LogP contribution >= 0.6 is 0 Å². The molecule has 0 unspecified atom stereocenters. The van der Waals surface area contributed by atoms with Crippen molar-refractivity contribution in [2.45, 2.75) is 26.8 Å². The van der Waals surface area contributed by atoms with Crippen LogP contribution in [0.25, 0.3) is 6.08 Å². The van der Waals surface area contributed by atoms with E-state index < -0.39 is 0 Å². The summed E-state index contributed by atoms with van der Waals surface area (Å²) in [5.41, 5.74) is 1.94. The fourth-order valence-electron chi connectivity index (χ4n) is 1.88. The fraction of sp³-hybridized carbons (Fsp3) is 0.294. The molecule has 1 aromatic carbocycles. The third-order valence-electron chi connectivity index (χ3n) is 2.89. The first kappa shape index (κ1) is 15.2. The summed E-state index contributed by atoms with van der Waals surface area (Å²) in [5.74, 6) is 1.29. The van der Waals surface area contributed by atoms with E-state index in [2.05, 4.69) is 22.2 Å². The van der Waals surface area contributed by atoms with Gasteiger partial charge in [-0.05, 0) is 26.0 Å². The van der Waals surface area contributed by atoms with E-state index in [1.165, 1.54) is 0 Å². The van der Waals surface area contributed by atoms with Crippen molar-refractivity contribution in [2.24, 2.45) is 0 Å². The lowest BCUT2D eigenvalue weighted by molar-refractivity contribution is 0.457. The summed E-state index contributed by atoms with van der Waals surface area (Å²) < 4.78 is 5.80. The number of rotatable bonds is 7. The average Bonchev–Trinajstić information content (AvgIpc) is 2.51. The molecule has 1 N–H and O–H groups in total. The summed E-state index contributed by atoms with van der Waals surface area (Å²) >= 11 is 0. The van der Waals surface area contributed by atoms with Crippen molar-refractivity contribution in [1.82, 2.24) is 15.3 Å². The highest BCUT2D eigenvalue weighted by molar-refractivity contribution is 5.57. The number of hydrogen-bond donors (Lipinski definition) is 1. The maximum Gasteiger partial charge on any atom is 0.237 e. The van der Waals surface area contributed by atoms with Crippen LogP contribution in [0.2, 0.25) is 0 Å². The van der Waals surface area contributed by atoms with Crippen molar-refractivity contribution in [1.29, 1.82) is 0 Å². The van der Waals surface area contributed by atoms with Crippen molar-refractivity contribution in [3.8, 4) is 11.6 Å². The summed E-state index contributed by atoms with van der Waals surface area (Å²) in [5, 5.41) is 3.29. The van der Waals surface area contributed by atoms with Gasteiger partial charge in [0.05, 0.1) is 18.1 Å². The van der Waals surface area contributed by atoms with E-state index in [0.29, 0.717) is 5.88 Å². The highest BCUT2D eigenvalue weighted by atomic mass is 16.5. The van der Waals surface area contributed by atoms with Crippen LogP contribution < -0.4 is 10.1 Å². The van der Waals surface area contributed by atoms with E-state index >= 15 is 0 Å². The van der Waals surface area contributed by atoms with Crippen LogP contribution in [0.4, 0.5) is 0 Å². The van der Waals surface area contributed by atoms with Crippen LogP contribution in [-0.2, 0) is 6.54 Å². The molecule has 0 amide bonds. The molecule has 2 rings (SSSR count). The summed E-state index contributed by atoms with van der Waals surface area (Å²) in [7, 11) is 0. The second kappa shape index (κ2) is 8.17. The van der Waals surface area contributed by atoms with Crippen LogP contribution in [-0.4, -0.2) is 16.5 Å². The highest BCUT2D eigenvalue weighted by Gasteiger charge is 2.03. The molecule has 21 heavy (non-hydrogen) atoms. The number of para-hydroxylation sites is 1. The van der Waals surface area contributed by atoms with Gasteiger partial charge in [-0.2, -0.15) is 0 Å². The molecule has 0 aliphatic carbocycles. The number of nitrogens with zero attached hydrogens (tertiary/aromatic N) is 2. The van der Waals surface area contributed by atoms with Gasteiger partial charge in [-0.3, -0.25) is 4.98 Å². The Balaban J connectivity index is 2.03. The standard InChI is InChI=1S/C17H21N3O/c1-3-7-14-8-5-6-9-16(14)21-17-13-19-15(12-20-17)11-18-10-4-2/h3,5-9,12-13,18H,4,10-11H2,1-2H3/b7-3+. The Kier molecular flexibility index (Phi) is 5.91. The first-order valence-electron chi connectivity index (χ1n) is 7.24. The highest BCUT2D eigenvalue weighted by Crippen LogP contribution is 2.24. The molecule has 0 radical (unpaired) electrons. The van der Waals surface area contributed by atoms with Crippen LogP contribution in [0.3, 0.4) is 0 Å². The number of hydrogen-bond acceptors (Lipinski definition) is 4. The van der Waals surface area contributed by atoms with Gasteiger partial charge < -0.3 is 10.1 Å². The van der Waals surface area contributed by atoms with Crippen LogP contribution in [0.15, 0.2) is 42.7 Å². The van der Waals surface area contributed by atoms with Gasteiger partial charge in [-0.25, -0.2) is 4.98 Å². The molecule has 1 aromatic heterocycles. The van der Waals surface area contributed by atoms with E-state index in [1.54, 1.807) is 12.4 Å². The normalized spacial score (nSPS) is 11.0. The number of aromatic nitrogens is 2. The third kappa shape index (κ3) is 4.68. The van der Waals surface area contributed by atoms with Crippen molar-refractivity contribution < 1.29 is 4.74 Å². The van der Waals surface area contributed by atoms with Gasteiger partial charge in [-0.15, -0.1) is 0 Å². The zero-order chi connectivity index (χ0) is 14.9. The Bertz CT molecular complexity index is 579. The molecular formula is C17H21N3O. The van der Waals surface area contributed by atoms with Gasteiger partial charge in [0, 0.05) is 12.1 Å². The molecule has 1 heterocycles. The lowest BCUT2D eigenvalue weighted by atomic mass is 10.2. The molecule has 0 fully saturated rings. The minimum absolute atomic E-state index is 0.506. The zero-order valence-electron chi connectivity index (χ0n) is 12.5. The van der Waals surface area contributed by atoms with Crippen molar-refractivity contribution in [3.63, 3.8) is 0 Å². The zero-order valence-corrected chi connectivity index (χ0v) is 12.5. The fourth-order valence-corrected chi connectivity index (χ4v) is 1.88. The van der Waals surface area contributed by atoms with Gasteiger partial charge in [0.15, 0.2) is 0 Å². The van der Waals surface area contributed by atoms with Gasteiger partial charge in [0.1, 0.15) is 5.75 Å². The number of benzene rings is 1. The minimum atomic E-state index is 0.506. The summed E-state index contributed by atoms with van der Waals surface area (Å²) in [4.78, 5) is 8.66. The van der Waals surface area contributed by atoms with Gasteiger partial charge in [0.2, 0.25) is 5.88 Å².